The molecule has 0 atom stereocenters. The van der Waals surface area contributed by atoms with Gasteiger partial charge in [0.2, 0.25) is 0 Å². The van der Waals surface area contributed by atoms with E-state index in [2.05, 4.69) is 37.4 Å². The first-order valence-electron chi connectivity index (χ1n) is 9.59. The summed E-state index contributed by atoms with van der Waals surface area (Å²) in [6.07, 6.45) is 0. The minimum absolute atomic E-state index is 0.257. The zero-order valence-corrected chi connectivity index (χ0v) is 20.6. The van der Waals surface area contributed by atoms with E-state index in [9.17, 15) is 46.2 Å². The zero-order valence-electron chi connectivity index (χ0n) is 19.0. The molecule has 0 aliphatic rings. The third-order valence-corrected chi connectivity index (χ3v) is 6.17. The highest BCUT2D eigenvalue weighted by Crippen LogP contribution is 2.17. The number of nitro groups is 2. The minimum atomic E-state index is -4.52. The molecule has 0 radical (unpaired) electrons. The number of non-ortho nitro benzene ring substituents is 2. The summed E-state index contributed by atoms with van der Waals surface area (Å²) in [5, 5.41) is 20.3. The first kappa shape index (κ1) is 30.2. The first-order chi connectivity index (χ1) is 16.4. The van der Waals surface area contributed by atoms with Gasteiger partial charge in [0.1, 0.15) is 31.6 Å². The highest BCUT2D eigenvalue weighted by Gasteiger charge is 2.07. The molecule has 0 fully saturated rings. The van der Waals surface area contributed by atoms with Crippen molar-refractivity contribution in [2.24, 2.45) is 0 Å². The van der Waals surface area contributed by atoms with Crippen LogP contribution in [0.3, 0.4) is 0 Å². The lowest BCUT2D eigenvalue weighted by atomic mass is 10.1. The Balaban J connectivity index is 0.000000273. The smallest absolute Gasteiger partial charge is 0.269 e. The van der Waals surface area contributed by atoms with E-state index in [1.807, 2.05) is 0 Å². The van der Waals surface area contributed by atoms with Crippen molar-refractivity contribution >= 4 is 43.0 Å². The van der Waals surface area contributed by atoms with E-state index in [0.29, 0.717) is 0 Å². The second-order valence-electron chi connectivity index (χ2n) is 7.12. The van der Waals surface area contributed by atoms with Gasteiger partial charge in [0.05, 0.1) is 19.6 Å². The van der Waals surface area contributed by atoms with Crippen LogP contribution in [0, 0.1) is 34.1 Å². The summed E-state index contributed by atoms with van der Waals surface area (Å²) >= 11 is 0. The number of aryl methyl sites for hydroxylation is 2. The summed E-state index contributed by atoms with van der Waals surface area (Å²) in [6.45, 7) is 4.10. The SMILES string of the molecule is Cc1cc([NH3+])c(C)cc1[NH3+].O=[N+]([O-])c1ccc(S(=O)(=O)[O-])cc1.O=[N+]([O-])c1ccc(S(=O)(=O)[O-])cc1. The Labute approximate surface area is 206 Å². The summed E-state index contributed by atoms with van der Waals surface area (Å²) in [7, 11) is -9.04. The van der Waals surface area contributed by atoms with E-state index in [4.69, 9.17) is 0 Å². The van der Waals surface area contributed by atoms with Gasteiger partial charge in [-0.1, -0.05) is 0 Å². The predicted octanol–water partition coefficient (Wildman–Crippen LogP) is 1.05. The van der Waals surface area contributed by atoms with Crippen LogP contribution in [0.15, 0.2) is 70.5 Å². The quantitative estimate of drug-likeness (QED) is 0.269. The fourth-order valence-corrected chi connectivity index (χ4v) is 3.34. The first-order valence-corrected chi connectivity index (χ1v) is 12.4. The molecule has 194 valence electrons. The Morgan fingerprint density at radius 1 is 0.611 bits per heavy atom. The van der Waals surface area contributed by atoms with Crippen LogP contribution in [0.4, 0.5) is 22.7 Å². The molecular formula is C20H22N4O10S2. The van der Waals surface area contributed by atoms with Gasteiger partial charge in [-0.2, -0.15) is 0 Å². The fourth-order valence-electron chi connectivity index (χ4n) is 2.40. The molecule has 0 aromatic heterocycles. The monoisotopic (exact) mass is 542 g/mol. The van der Waals surface area contributed by atoms with Gasteiger partial charge in [0.15, 0.2) is 0 Å². The molecule has 6 N–H and O–H groups in total. The normalized spacial score (nSPS) is 10.8. The van der Waals surface area contributed by atoms with Gasteiger partial charge in [-0.15, -0.1) is 0 Å². The van der Waals surface area contributed by atoms with Crippen molar-refractivity contribution in [2.75, 3.05) is 0 Å². The van der Waals surface area contributed by atoms with Crippen LogP contribution in [-0.2, 0) is 20.2 Å². The molecule has 0 amide bonds. The molecule has 0 aliphatic heterocycles. The molecule has 0 heterocycles. The molecular weight excluding hydrogens is 520 g/mol. The van der Waals surface area contributed by atoms with Crippen molar-refractivity contribution in [3.8, 4) is 0 Å². The third kappa shape index (κ3) is 9.45. The van der Waals surface area contributed by atoms with E-state index >= 15 is 0 Å². The van der Waals surface area contributed by atoms with Crippen molar-refractivity contribution in [3.63, 3.8) is 0 Å². The van der Waals surface area contributed by atoms with E-state index in [1.54, 1.807) is 0 Å². The predicted molar refractivity (Wildman–Crippen MR) is 123 cm³/mol. The molecule has 3 rings (SSSR count). The van der Waals surface area contributed by atoms with Gasteiger partial charge >= 0.3 is 0 Å². The summed E-state index contributed by atoms with van der Waals surface area (Å²) < 4.78 is 62.3. The second-order valence-corrected chi connectivity index (χ2v) is 9.87. The van der Waals surface area contributed by atoms with Gasteiger partial charge in [0, 0.05) is 47.5 Å². The third-order valence-electron chi connectivity index (χ3n) is 4.47. The van der Waals surface area contributed by atoms with Crippen LogP contribution in [0.1, 0.15) is 11.1 Å². The molecule has 3 aromatic carbocycles. The maximum Gasteiger partial charge on any atom is 0.269 e. The van der Waals surface area contributed by atoms with Gasteiger partial charge < -0.3 is 20.6 Å². The lowest BCUT2D eigenvalue weighted by molar-refractivity contribution is -0.385. The van der Waals surface area contributed by atoms with Crippen molar-refractivity contribution in [2.45, 2.75) is 23.6 Å². The Morgan fingerprint density at radius 2 is 0.861 bits per heavy atom. The number of hydrogen-bond acceptors (Lipinski definition) is 10. The lowest BCUT2D eigenvalue weighted by Gasteiger charge is -2.04. The molecule has 0 saturated heterocycles. The van der Waals surface area contributed by atoms with Gasteiger partial charge in [-0.25, -0.2) is 16.8 Å². The Hall–Kier alpha value is -3.80. The maximum atomic E-state index is 10.4. The molecule has 0 spiro atoms. The van der Waals surface area contributed by atoms with Crippen molar-refractivity contribution < 1.29 is 47.3 Å². The molecule has 0 saturated carbocycles. The summed E-state index contributed by atoms with van der Waals surface area (Å²) in [5.41, 5.74) is 11.9. The maximum absolute atomic E-state index is 10.4. The average Bonchev–Trinajstić information content (AvgIpc) is 2.77. The van der Waals surface area contributed by atoms with Crippen molar-refractivity contribution in [3.05, 3.63) is 92.0 Å². The molecule has 0 bridgehead atoms. The highest BCUT2D eigenvalue weighted by atomic mass is 32.2. The van der Waals surface area contributed by atoms with E-state index in [-0.39, 0.29) is 11.4 Å². The molecule has 16 heteroatoms. The van der Waals surface area contributed by atoms with Crippen molar-refractivity contribution in [1.82, 2.24) is 0 Å². The molecule has 0 unspecified atom stereocenters. The molecule has 14 nitrogen and oxygen atoms in total. The number of rotatable bonds is 4. The van der Waals surface area contributed by atoms with Crippen LogP contribution < -0.4 is 11.5 Å². The number of hydrogen-bond donors (Lipinski definition) is 2. The molecule has 3 aromatic rings. The standard InChI is InChI=1S/C8H12N2.2C6H5NO5S/c1-5-3-8(10)6(2)4-7(5)9;2*8-7(9)5-1-3-6(4-2-5)13(10,11)12/h3-4H,9-10H2,1-2H3;2*1-4H,(H,10,11,12). The second kappa shape index (κ2) is 12.2. The topological polar surface area (TPSA) is 256 Å². The van der Waals surface area contributed by atoms with Gasteiger partial charge in [-0.05, 0) is 38.1 Å². The van der Waals surface area contributed by atoms with Crippen LogP contribution >= 0.6 is 0 Å². The lowest BCUT2D eigenvalue weighted by Crippen LogP contribution is -2.44. The molecule has 0 aliphatic carbocycles. The van der Waals surface area contributed by atoms with Crippen molar-refractivity contribution in [1.29, 1.82) is 0 Å². The minimum Gasteiger partial charge on any atom is -0.744 e. The number of nitro benzene ring substituents is 2. The van der Waals surface area contributed by atoms with E-state index < -0.39 is 39.9 Å². The number of benzene rings is 3. The average molecular weight is 543 g/mol. The van der Waals surface area contributed by atoms with Crippen LogP contribution in [0.25, 0.3) is 0 Å². The largest absolute Gasteiger partial charge is 0.744 e. The van der Waals surface area contributed by atoms with Crippen LogP contribution in [0.2, 0.25) is 0 Å². The Kier molecular flexibility index (Phi) is 10.3. The zero-order chi connectivity index (χ0) is 27.8. The Morgan fingerprint density at radius 3 is 1.06 bits per heavy atom. The van der Waals surface area contributed by atoms with E-state index in [1.165, 1.54) is 11.1 Å². The fraction of sp³-hybridized carbons (Fsp3) is 0.100. The van der Waals surface area contributed by atoms with E-state index in [0.717, 1.165) is 59.9 Å². The summed E-state index contributed by atoms with van der Waals surface area (Å²) in [5.74, 6) is 0. The number of quaternary nitrogens is 2. The van der Waals surface area contributed by atoms with Crippen LogP contribution in [0.5, 0.6) is 0 Å². The molecule has 36 heavy (non-hydrogen) atoms. The highest BCUT2D eigenvalue weighted by molar-refractivity contribution is 7.86. The van der Waals surface area contributed by atoms with Gasteiger partial charge in [-0.3, -0.25) is 20.2 Å². The summed E-state index contributed by atoms with van der Waals surface area (Å²) in [6, 6.07) is 11.6. The van der Waals surface area contributed by atoms with Gasteiger partial charge in [0.25, 0.3) is 11.4 Å². The number of nitrogens with zero attached hydrogens (tertiary/aromatic N) is 2. The van der Waals surface area contributed by atoms with Crippen LogP contribution in [-0.4, -0.2) is 35.8 Å². The summed E-state index contributed by atoms with van der Waals surface area (Å²) in [4.78, 5) is 18.0. The Bertz CT molecular complexity index is 1320.